The standard InChI is InChI=1S/C13H7BrClF3N2O/c14-9-4-3-7(13(16,17)18)6-10(9)20-12(21)8-2-1-5-19-11(8)15/h1-6H,(H,20,21). The number of halogens is 5. The summed E-state index contributed by atoms with van der Waals surface area (Å²) in [6, 6.07) is 5.89. The van der Waals surface area contributed by atoms with Crippen molar-refractivity contribution in [3.05, 3.63) is 57.3 Å². The highest BCUT2D eigenvalue weighted by Crippen LogP contribution is 2.34. The van der Waals surface area contributed by atoms with E-state index in [4.69, 9.17) is 11.6 Å². The molecule has 21 heavy (non-hydrogen) atoms. The van der Waals surface area contributed by atoms with Crippen molar-refractivity contribution in [2.75, 3.05) is 5.32 Å². The summed E-state index contributed by atoms with van der Waals surface area (Å²) in [6.07, 6.45) is -3.09. The molecule has 1 amide bonds. The molecule has 1 heterocycles. The fourth-order valence-corrected chi connectivity index (χ4v) is 2.09. The summed E-state index contributed by atoms with van der Waals surface area (Å²) >= 11 is 8.85. The summed E-state index contributed by atoms with van der Waals surface area (Å²) in [5.41, 5.74) is -0.795. The van der Waals surface area contributed by atoms with Crippen molar-refractivity contribution in [2.45, 2.75) is 6.18 Å². The Labute approximate surface area is 131 Å². The van der Waals surface area contributed by atoms with Crippen LogP contribution in [-0.4, -0.2) is 10.9 Å². The molecule has 0 radical (unpaired) electrons. The van der Waals surface area contributed by atoms with Crippen molar-refractivity contribution in [3.8, 4) is 0 Å². The summed E-state index contributed by atoms with van der Waals surface area (Å²) in [5.74, 6) is -0.645. The Bertz CT molecular complexity index is 691. The number of alkyl halides is 3. The predicted octanol–water partition coefficient (Wildman–Crippen LogP) is 4.77. The zero-order valence-electron chi connectivity index (χ0n) is 10.2. The Morgan fingerprint density at radius 1 is 1.29 bits per heavy atom. The molecular weight excluding hydrogens is 373 g/mol. The van der Waals surface area contributed by atoms with Gasteiger partial charge in [0.15, 0.2) is 0 Å². The largest absolute Gasteiger partial charge is 0.416 e. The quantitative estimate of drug-likeness (QED) is 0.764. The highest BCUT2D eigenvalue weighted by atomic mass is 79.9. The lowest BCUT2D eigenvalue weighted by Crippen LogP contribution is -2.14. The molecule has 2 aromatic rings. The molecule has 0 fully saturated rings. The van der Waals surface area contributed by atoms with Crippen molar-refractivity contribution in [3.63, 3.8) is 0 Å². The predicted molar refractivity (Wildman–Crippen MR) is 76.3 cm³/mol. The van der Waals surface area contributed by atoms with Gasteiger partial charge in [-0.25, -0.2) is 4.98 Å². The van der Waals surface area contributed by atoms with E-state index >= 15 is 0 Å². The lowest BCUT2D eigenvalue weighted by atomic mass is 10.2. The van der Waals surface area contributed by atoms with E-state index in [0.717, 1.165) is 12.1 Å². The molecule has 1 N–H and O–H groups in total. The van der Waals surface area contributed by atoms with E-state index in [1.807, 2.05) is 0 Å². The maximum absolute atomic E-state index is 12.7. The first kappa shape index (κ1) is 15.8. The van der Waals surface area contributed by atoms with Gasteiger partial charge in [0, 0.05) is 10.7 Å². The number of aromatic nitrogens is 1. The van der Waals surface area contributed by atoms with E-state index in [-0.39, 0.29) is 16.4 Å². The number of hydrogen-bond acceptors (Lipinski definition) is 2. The Hall–Kier alpha value is -1.60. The van der Waals surface area contributed by atoms with Gasteiger partial charge in [-0.3, -0.25) is 4.79 Å². The minimum atomic E-state index is -4.49. The van der Waals surface area contributed by atoms with Gasteiger partial charge in [-0.15, -0.1) is 0 Å². The summed E-state index contributed by atoms with van der Waals surface area (Å²) in [4.78, 5) is 15.7. The molecule has 1 aromatic carbocycles. The van der Waals surface area contributed by atoms with E-state index in [1.165, 1.54) is 24.4 Å². The van der Waals surface area contributed by atoms with Crippen molar-refractivity contribution < 1.29 is 18.0 Å². The van der Waals surface area contributed by atoms with Gasteiger partial charge >= 0.3 is 6.18 Å². The average molecular weight is 380 g/mol. The summed E-state index contributed by atoms with van der Waals surface area (Å²) < 4.78 is 38.3. The minimum absolute atomic E-state index is 0.00487. The molecule has 0 aliphatic heterocycles. The lowest BCUT2D eigenvalue weighted by molar-refractivity contribution is -0.137. The average Bonchev–Trinajstić information content (AvgIpc) is 2.40. The first-order valence-corrected chi connectivity index (χ1v) is 6.75. The fraction of sp³-hybridized carbons (Fsp3) is 0.0769. The Balaban J connectivity index is 2.31. The second kappa shape index (κ2) is 6.03. The fourth-order valence-electron chi connectivity index (χ4n) is 1.54. The molecule has 8 heteroatoms. The van der Waals surface area contributed by atoms with E-state index in [2.05, 4.69) is 26.2 Å². The Kier molecular flexibility index (Phi) is 4.53. The number of pyridine rings is 1. The maximum atomic E-state index is 12.7. The van der Waals surface area contributed by atoms with Crippen LogP contribution in [0.5, 0.6) is 0 Å². The molecule has 0 aliphatic rings. The smallest absolute Gasteiger partial charge is 0.321 e. The van der Waals surface area contributed by atoms with Crippen LogP contribution in [-0.2, 0) is 6.18 Å². The molecule has 0 saturated heterocycles. The van der Waals surface area contributed by atoms with Crippen molar-refractivity contribution >= 4 is 39.1 Å². The zero-order valence-corrected chi connectivity index (χ0v) is 12.6. The van der Waals surface area contributed by atoms with E-state index in [9.17, 15) is 18.0 Å². The molecule has 1 aromatic heterocycles. The first-order chi connectivity index (χ1) is 9.79. The van der Waals surface area contributed by atoms with Gasteiger partial charge in [0.1, 0.15) is 5.15 Å². The molecular formula is C13H7BrClF3N2O. The summed E-state index contributed by atoms with van der Waals surface area (Å²) in [6.45, 7) is 0. The van der Waals surface area contributed by atoms with Gasteiger partial charge in [0.25, 0.3) is 5.91 Å². The van der Waals surface area contributed by atoms with Crippen LogP contribution in [0.15, 0.2) is 41.0 Å². The second-order valence-corrected chi connectivity index (χ2v) is 5.20. The van der Waals surface area contributed by atoms with Crippen LogP contribution in [0.25, 0.3) is 0 Å². The third-order valence-electron chi connectivity index (χ3n) is 2.55. The highest BCUT2D eigenvalue weighted by molar-refractivity contribution is 9.10. The van der Waals surface area contributed by atoms with Crippen LogP contribution in [0.1, 0.15) is 15.9 Å². The topological polar surface area (TPSA) is 42.0 Å². The number of carbonyl (C=O) groups is 1. The van der Waals surface area contributed by atoms with Crippen LogP contribution in [0.2, 0.25) is 5.15 Å². The highest BCUT2D eigenvalue weighted by Gasteiger charge is 2.31. The van der Waals surface area contributed by atoms with Gasteiger partial charge in [0.05, 0.1) is 16.8 Å². The van der Waals surface area contributed by atoms with Gasteiger partial charge in [0.2, 0.25) is 0 Å². The van der Waals surface area contributed by atoms with E-state index in [0.29, 0.717) is 4.47 Å². The molecule has 0 saturated carbocycles. The SMILES string of the molecule is O=C(Nc1cc(C(F)(F)F)ccc1Br)c1cccnc1Cl. The number of amides is 1. The van der Waals surface area contributed by atoms with Crippen molar-refractivity contribution in [1.29, 1.82) is 0 Å². The molecule has 2 rings (SSSR count). The molecule has 0 bridgehead atoms. The Morgan fingerprint density at radius 3 is 2.62 bits per heavy atom. The molecule has 110 valence electrons. The summed E-state index contributed by atoms with van der Waals surface area (Å²) in [7, 11) is 0. The summed E-state index contributed by atoms with van der Waals surface area (Å²) in [5, 5.41) is 2.34. The van der Waals surface area contributed by atoms with Crippen molar-refractivity contribution in [2.24, 2.45) is 0 Å². The monoisotopic (exact) mass is 378 g/mol. The number of rotatable bonds is 2. The van der Waals surface area contributed by atoms with Gasteiger partial charge in [-0.2, -0.15) is 13.2 Å². The van der Waals surface area contributed by atoms with E-state index in [1.54, 1.807) is 0 Å². The van der Waals surface area contributed by atoms with E-state index < -0.39 is 17.6 Å². The molecule has 0 unspecified atom stereocenters. The number of carbonyl (C=O) groups excluding carboxylic acids is 1. The van der Waals surface area contributed by atoms with Crippen molar-refractivity contribution in [1.82, 2.24) is 4.98 Å². The van der Waals surface area contributed by atoms with Crippen LogP contribution in [0.4, 0.5) is 18.9 Å². The van der Waals surface area contributed by atoms with Crippen LogP contribution in [0.3, 0.4) is 0 Å². The number of hydrogen-bond donors (Lipinski definition) is 1. The molecule has 0 spiro atoms. The third kappa shape index (κ3) is 3.74. The number of nitrogens with zero attached hydrogens (tertiary/aromatic N) is 1. The number of anilines is 1. The Morgan fingerprint density at radius 2 is 2.00 bits per heavy atom. The maximum Gasteiger partial charge on any atom is 0.416 e. The van der Waals surface area contributed by atoms with Gasteiger partial charge in [-0.05, 0) is 46.3 Å². The normalized spacial score (nSPS) is 11.3. The van der Waals surface area contributed by atoms with Crippen LogP contribution >= 0.6 is 27.5 Å². The number of nitrogens with one attached hydrogen (secondary N) is 1. The lowest BCUT2D eigenvalue weighted by Gasteiger charge is -2.12. The molecule has 3 nitrogen and oxygen atoms in total. The minimum Gasteiger partial charge on any atom is -0.321 e. The first-order valence-electron chi connectivity index (χ1n) is 5.57. The van der Waals surface area contributed by atoms with Gasteiger partial charge < -0.3 is 5.32 Å². The van der Waals surface area contributed by atoms with Crippen LogP contribution < -0.4 is 5.32 Å². The molecule has 0 atom stereocenters. The second-order valence-electron chi connectivity index (χ2n) is 3.99. The third-order valence-corrected chi connectivity index (χ3v) is 3.54. The van der Waals surface area contributed by atoms with Gasteiger partial charge in [-0.1, -0.05) is 11.6 Å². The molecule has 0 aliphatic carbocycles. The van der Waals surface area contributed by atoms with Crippen LogP contribution in [0, 0.1) is 0 Å². The zero-order chi connectivity index (χ0) is 15.6. The number of benzene rings is 1.